The Kier molecular flexibility index (Phi) is 3.58. The molecule has 5 heteroatoms. The van der Waals surface area contributed by atoms with Gasteiger partial charge >= 0.3 is 10.4 Å². The highest BCUT2D eigenvalue weighted by Gasteiger charge is 2.24. The van der Waals surface area contributed by atoms with E-state index in [4.69, 9.17) is 4.18 Å². The van der Waals surface area contributed by atoms with Crippen molar-refractivity contribution in [1.82, 2.24) is 0 Å². The Hall–Kier alpha value is -0.910. The van der Waals surface area contributed by atoms with Crippen molar-refractivity contribution in [2.24, 2.45) is 0 Å². The molecule has 16 heavy (non-hydrogen) atoms. The van der Waals surface area contributed by atoms with Gasteiger partial charge in [0.05, 0.1) is 12.7 Å². The van der Waals surface area contributed by atoms with Gasteiger partial charge in [-0.1, -0.05) is 30.3 Å². The molecule has 0 N–H and O–H groups in total. The summed E-state index contributed by atoms with van der Waals surface area (Å²) in [6.07, 6.45) is 1.70. The van der Waals surface area contributed by atoms with Crippen LogP contribution in [0.25, 0.3) is 0 Å². The summed E-state index contributed by atoms with van der Waals surface area (Å²) in [6, 6.07) is 9.70. The molecule has 88 valence electrons. The van der Waals surface area contributed by atoms with Gasteiger partial charge in [-0.25, -0.2) is 8.37 Å². The van der Waals surface area contributed by atoms with E-state index in [0.717, 1.165) is 5.56 Å². The maximum atomic E-state index is 11.2. The van der Waals surface area contributed by atoms with Crippen LogP contribution in [-0.4, -0.2) is 21.1 Å². The van der Waals surface area contributed by atoms with Crippen LogP contribution in [0.3, 0.4) is 0 Å². The predicted molar refractivity (Wildman–Crippen MR) is 59.1 cm³/mol. The van der Waals surface area contributed by atoms with Crippen LogP contribution in [0.2, 0.25) is 0 Å². The SMILES string of the molecule is O=S1(=O)OCCC[C@@H](Cc2ccccc2)O1. The lowest BCUT2D eigenvalue weighted by Crippen LogP contribution is -2.19. The largest absolute Gasteiger partial charge is 0.400 e. The third-order valence-corrected chi connectivity index (χ3v) is 3.42. The van der Waals surface area contributed by atoms with Crippen molar-refractivity contribution in [3.8, 4) is 0 Å². The average molecular weight is 242 g/mol. The van der Waals surface area contributed by atoms with Crippen molar-refractivity contribution in [3.05, 3.63) is 35.9 Å². The first-order valence-electron chi connectivity index (χ1n) is 5.27. The maximum Gasteiger partial charge on any atom is 0.400 e. The van der Waals surface area contributed by atoms with E-state index in [2.05, 4.69) is 4.18 Å². The van der Waals surface area contributed by atoms with Crippen molar-refractivity contribution < 1.29 is 16.8 Å². The molecule has 1 atom stereocenters. The lowest BCUT2D eigenvalue weighted by atomic mass is 10.0. The van der Waals surface area contributed by atoms with Crippen LogP contribution in [0.4, 0.5) is 0 Å². The summed E-state index contributed by atoms with van der Waals surface area (Å²) in [5.74, 6) is 0. The van der Waals surface area contributed by atoms with Gasteiger partial charge in [-0.3, -0.25) is 0 Å². The molecule has 4 nitrogen and oxygen atoms in total. The zero-order valence-electron chi connectivity index (χ0n) is 8.83. The van der Waals surface area contributed by atoms with Gasteiger partial charge in [0, 0.05) is 6.42 Å². The second kappa shape index (κ2) is 4.95. The van der Waals surface area contributed by atoms with Crippen molar-refractivity contribution >= 4 is 10.4 Å². The molecule has 2 rings (SSSR count). The molecule has 1 saturated heterocycles. The minimum absolute atomic E-state index is 0.216. The molecular formula is C11H14O4S. The molecule has 0 spiro atoms. The highest BCUT2D eigenvalue weighted by atomic mass is 32.3. The summed E-state index contributed by atoms with van der Waals surface area (Å²) < 4.78 is 32.0. The zero-order valence-corrected chi connectivity index (χ0v) is 9.65. The Bertz CT molecular complexity index is 427. The van der Waals surface area contributed by atoms with Crippen molar-refractivity contribution in [2.75, 3.05) is 6.61 Å². The molecule has 0 amide bonds. The molecule has 1 aliphatic rings. The average Bonchev–Trinajstić information content (AvgIpc) is 2.40. The zero-order chi connectivity index (χ0) is 11.4. The van der Waals surface area contributed by atoms with Crippen LogP contribution < -0.4 is 0 Å². The van der Waals surface area contributed by atoms with E-state index in [1.807, 2.05) is 30.3 Å². The van der Waals surface area contributed by atoms with Gasteiger partial charge in [0.1, 0.15) is 0 Å². The maximum absolute atomic E-state index is 11.2. The van der Waals surface area contributed by atoms with Gasteiger partial charge in [0.25, 0.3) is 0 Å². The van der Waals surface area contributed by atoms with Crippen LogP contribution in [0.5, 0.6) is 0 Å². The Morgan fingerprint density at radius 1 is 1.25 bits per heavy atom. The number of rotatable bonds is 2. The molecule has 1 heterocycles. The fraction of sp³-hybridized carbons (Fsp3) is 0.455. The fourth-order valence-electron chi connectivity index (χ4n) is 1.73. The molecule has 0 saturated carbocycles. The van der Waals surface area contributed by atoms with Gasteiger partial charge in [-0.2, -0.15) is 8.42 Å². The molecule has 1 aromatic rings. The molecule has 0 aliphatic carbocycles. The van der Waals surface area contributed by atoms with Crippen molar-refractivity contribution in [1.29, 1.82) is 0 Å². The van der Waals surface area contributed by atoms with Crippen LogP contribution in [0, 0.1) is 0 Å². The van der Waals surface area contributed by atoms with Crippen molar-refractivity contribution in [2.45, 2.75) is 25.4 Å². The molecule has 1 aliphatic heterocycles. The molecule has 0 radical (unpaired) electrons. The van der Waals surface area contributed by atoms with E-state index in [1.165, 1.54) is 0 Å². The van der Waals surface area contributed by atoms with Gasteiger partial charge in [-0.15, -0.1) is 0 Å². The quantitative estimate of drug-likeness (QED) is 0.791. The third-order valence-electron chi connectivity index (χ3n) is 2.46. The minimum atomic E-state index is -3.79. The van der Waals surface area contributed by atoms with E-state index in [-0.39, 0.29) is 12.7 Å². The van der Waals surface area contributed by atoms with Crippen LogP contribution >= 0.6 is 0 Å². The third kappa shape index (κ3) is 3.30. The molecule has 1 fully saturated rings. The molecule has 0 aromatic heterocycles. The predicted octanol–water partition coefficient (Wildman–Crippen LogP) is 1.67. The van der Waals surface area contributed by atoms with Crippen molar-refractivity contribution in [3.63, 3.8) is 0 Å². The lowest BCUT2D eigenvalue weighted by molar-refractivity contribution is 0.182. The standard InChI is InChI=1S/C11H14O4S/c12-16(13)14-8-4-7-11(15-16)9-10-5-2-1-3-6-10/h1-3,5-6,11H,4,7-9H2/t11-/m0/s1. The fourth-order valence-corrected chi connectivity index (χ4v) is 2.60. The van der Waals surface area contributed by atoms with E-state index < -0.39 is 10.4 Å². The summed E-state index contributed by atoms with van der Waals surface area (Å²) in [5.41, 5.74) is 1.07. The monoisotopic (exact) mass is 242 g/mol. The summed E-state index contributed by atoms with van der Waals surface area (Å²) in [6.45, 7) is 0.216. The van der Waals surface area contributed by atoms with Gasteiger partial charge < -0.3 is 0 Å². The number of hydrogen-bond donors (Lipinski definition) is 0. The summed E-state index contributed by atoms with van der Waals surface area (Å²) in [5, 5.41) is 0. The highest BCUT2D eigenvalue weighted by Crippen LogP contribution is 2.18. The van der Waals surface area contributed by atoms with Crippen LogP contribution in [-0.2, 0) is 25.2 Å². The Morgan fingerprint density at radius 2 is 2.00 bits per heavy atom. The van der Waals surface area contributed by atoms with Crippen LogP contribution in [0.1, 0.15) is 18.4 Å². The molecule has 0 unspecified atom stereocenters. The second-order valence-electron chi connectivity index (χ2n) is 3.78. The smallest absolute Gasteiger partial charge is 0.248 e. The van der Waals surface area contributed by atoms with Gasteiger partial charge in [0.2, 0.25) is 0 Å². The van der Waals surface area contributed by atoms with Crippen LogP contribution in [0.15, 0.2) is 30.3 Å². The number of hydrogen-bond acceptors (Lipinski definition) is 4. The first-order valence-corrected chi connectivity index (χ1v) is 6.61. The van der Waals surface area contributed by atoms with E-state index >= 15 is 0 Å². The lowest BCUT2D eigenvalue weighted by Gasteiger charge is -2.12. The summed E-state index contributed by atoms with van der Waals surface area (Å²) >= 11 is 0. The second-order valence-corrected chi connectivity index (χ2v) is 5.03. The summed E-state index contributed by atoms with van der Waals surface area (Å²) in [7, 11) is -3.79. The molecule has 0 bridgehead atoms. The molecular weight excluding hydrogens is 228 g/mol. The minimum Gasteiger partial charge on any atom is -0.248 e. The summed E-state index contributed by atoms with van der Waals surface area (Å²) in [4.78, 5) is 0. The first kappa shape index (κ1) is 11.6. The Labute approximate surface area is 95.5 Å². The highest BCUT2D eigenvalue weighted by molar-refractivity contribution is 7.81. The Balaban J connectivity index is 2.04. The Morgan fingerprint density at radius 3 is 2.75 bits per heavy atom. The first-order chi connectivity index (χ1) is 7.66. The normalized spacial score (nSPS) is 24.9. The van der Waals surface area contributed by atoms with Gasteiger partial charge in [0.15, 0.2) is 0 Å². The van der Waals surface area contributed by atoms with E-state index in [0.29, 0.717) is 19.3 Å². The topological polar surface area (TPSA) is 52.6 Å². The van der Waals surface area contributed by atoms with Gasteiger partial charge in [-0.05, 0) is 18.4 Å². The molecule has 1 aromatic carbocycles. The number of benzene rings is 1. The van der Waals surface area contributed by atoms with E-state index in [9.17, 15) is 8.42 Å². The van der Waals surface area contributed by atoms with E-state index in [1.54, 1.807) is 0 Å².